The Labute approximate surface area is 92.7 Å². The molecule has 0 bridgehead atoms. The van der Waals surface area contributed by atoms with Crippen molar-refractivity contribution in [3.63, 3.8) is 0 Å². The number of carbonyl (C=O) groups excluding carboxylic acids is 1. The van der Waals surface area contributed by atoms with Crippen molar-refractivity contribution in [2.24, 2.45) is 11.8 Å². The van der Waals surface area contributed by atoms with Crippen LogP contribution in [0.15, 0.2) is 0 Å². The van der Waals surface area contributed by atoms with Crippen molar-refractivity contribution < 1.29 is 4.79 Å². The molecule has 2 heteroatoms. The monoisotopic (exact) mass is 207 g/mol. The van der Waals surface area contributed by atoms with Crippen LogP contribution < -0.4 is 0 Å². The second-order valence-electron chi connectivity index (χ2n) is 4.71. The summed E-state index contributed by atoms with van der Waals surface area (Å²) in [6.45, 7) is 1.89. The van der Waals surface area contributed by atoms with Crippen LogP contribution >= 0.6 is 0 Å². The highest BCUT2D eigenvalue weighted by Crippen LogP contribution is 2.25. The van der Waals surface area contributed by atoms with Crippen molar-refractivity contribution >= 4 is 5.78 Å². The second kappa shape index (κ2) is 6.61. The van der Waals surface area contributed by atoms with Gasteiger partial charge in [0.1, 0.15) is 5.78 Å². The van der Waals surface area contributed by atoms with Gasteiger partial charge in [-0.3, -0.25) is 4.79 Å². The molecule has 2 nitrogen and oxygen atoms in total. The summed E-state index contributed by atoms with van der Waals surface area (Å²) >= 11 is 0. The average Bonchev–Trinajstić information content (AvgIpc) is 2.16. The number of ketones is 1. The molecule has 0 amide bonds. The summed E-state index contributed by atoms with van der Waals surface area (Å²) in [4.78, 5) is 12.0. The zero-order valence-corrected chi connectivity index (χ0v) is 9.67. The Hall–Kier alpha value is -0.840. The van der Waals surface area contributed by atoms with Gasteiger partial charge in [-0.2, -0.15) is 5.26 Å². The van der Waals surface area contributed by atoms with Gasteiger partial charge in [-0.25, -0.2) is 0 Å². The molecule has 1 aliphatic carbocycles. The summed E-state index contributed by atoms with van der Waals surface area (Å²) in [7, 11) is 0. The molecule has 0 N–H and O–H groups in total. The summed E-state index contributed by atoms with van der Waals surface area (Å²) in [5.41, 5.74) is 0. The molecule has 1 fully saturated rings. The standard InChI is InChI=1S/C13H21NO/c1-11(9-10-14)13(15)12-7-5-3-2-4-6-8-12/h11-12H,2-9H2,1H3. The summed E-state index contributed by atoms with van der Waals surface area (Å²) in [6.07, 6.45) is 8.74. The first-order valence-corrected chi connectivity index (χ1v) is 6.16. The van der Waals surface area contributed by atoms with E-state index in [4.69, 9.17) is 5.26 Å². The van der Waals surface area contributed by atoms with Crippen molar-refractivity contribution in [1.82, 2.24) is 0 Å². The zero-order chi connectivity index (χ0) is 11.1. The topological polar surface area (TPSA) is 40.9 Å². The number of Topliss-reactive ketones (excluding diaryl/α,β-unsaturated/α-hetero) is 1. The van der Waals surface area contributed by atoms with E-state index < -0.39 is 0 Å². The van der Waals surface area contributed by atoms with E-state index in [1.54, 1.807) is 0 Å². The molecule has 0 aliphatic heterocycles. The Bertz CT molecular complexity index is 233. The smallest absolute Gasteiger partial charge is 0.139 e. The maximum atomic E-state index is 12.0. The van der Waals surface area contributed by atoms with Crippen molar-refractivity contribution in [1.29, 1.82) is 5.26 Å². The van der Waals surface area contributed by atoms with Crippen LogP contribution in [0, 0.1) is 23.2 Å². The molecule has 84 valence electrons. The largest absolute Gasteiger partial charge is 0.299 e. The van der Waals surface area contributed by atoms with E-state index in [0.29, 0.717) is 12.2 Å². The molecule has 0 spiro atoms. The summed E-state index contributed by atoms with van der Waals surface area (Å²) < 4.78 is 0. The molecular formula is C13H21NO. The molecule has 1 aliphatic rings. The first-order chi connectivity index (χ1) is 7.25. The van der Waals surface area contributed by atoms with E-state index in [2.05, 4.69) is 6.07 Å². The van der Waals surface area contributed by atoms with Gasteiger partial charge < -0.3 is 0 Å². The van der Waals surface area contributed by atoms with Crippen LogP contribution in [0.2, 0.25) is 0 Å². The molecule has 0 saturated heterocycles. The SMILES string of the molecule is CC(CC#N)C(=O)C1CCCCCCC1. The minimum absolute atomic E-state index is 0.0561. The highest BCUT2D eigenvalue weighted by Gasteiger charge is 2.23. The lowest BCUT2D eigenvalue weighted by molar-refractivity contribution is -0.126. The molecule has 1 atom stereocenters. The Balaban J connectivity index is 2.45. The quantitative estimate of drug-likeness (QED) is 0.711. The van der Waals surface area contributed by atoms with Crippen LogP contribution in [0.1, 0.15) is 58.3 Å². The predicted octanol–water partition coefficient (Wildman–Crippen LogP) is 3.47. The zero-order valence-electron chi connectivity index (χ0n) is 9.67. The molecule has 0 radical (unpaired) electrons. The first-order valence-electron chi connectivity index (χ1n) is 6.16. The summed E-state index contributed by atoms with van der Waals surface area (Å²) in [5.74, 6) is 0.520. The predicted molar refractivity (Wildman–Crippen MR) is 60.2 cm³/mol. The van der Waals surface area contributed by atoms with Crippen molar-refractivity contribution in [2.45, 2.75) is 58.3 Å². The average molecular weight is 207 g/mol. The maximum absolute atomic E-state index is 12.0. The van der Waals surface area contributed by atoms with Crippen LogP contribution in [0.4, 0.5) is 0 Å². The van der Waals surface area contributed by atoms with Crippen LogP contribution in [0.25, 0.3) is 0 Å². The lowest BCUT2D eigenvalue weighted by Gasteiger charge is -2.20. The third kappa shape index (κ3) is 4.03. The highest BCUT2D eigenvalue weighted by molar-refractivity contribution is 5.83. The Morgan fingerprint density at radius 3 is 2.33 bits per heavy atom. The van der Waals surface area contributed by atoms with Crippen LogP contribution in [-0.4, -0.2) is 5.78 Å². The molecule has 1 rings (SSSR count). The van der Waals surface area contributed by atoms with E-state index >= 15 is 0 Å². The molecule has 1 unspecified atom stereocenters. The minimum atomic E-state index is -0.0561. The molecule has 0 aromatic carbocycles. The van der Waals surface area contributed by atoms with Gasteiger partial charge in [-0.05, 0) is 12.8 Å². The normalized spacial score (nSPS) is 21.1. The number of carbonyl (C=O) groups is 1. The number of rotatable bonds is 3. The fourth-order valence-corrected chi connectivity index (χ4v) is 2.38. The van der Waals surface area contributed by atoms with Crippen LogP contribution in [0.3, 0.4) is 0 Å². The molecule has 1 saturated carbocycles. The minimum Gasteiger partial charge on any atom is -0.299 e. The van der Waals surface area contributed by atoms with Gasteiger partial charge in [-0.1, -0.05) is 39.0 Å². The van der Waals surface area contributed by atoms with Gasteiger partial charge in [0.05, 0.1) is 6.07 Å². The lowest BCUT2D eigenvalue weighted by atomic mass is 9.83. The van der Waals surface area contributed by atoms with Crippen molar-refractivity contribution in [3.05, 3.63) is 0 Å². The van der Waals surface area contributed by atoms with E-state index in [9.17, 15) is 4.79 Å². The lowest BCUT2D eigenvalue weighted by Crippen LogP contribution is -2.22. The molecule has 0 aromatic rings. The third-order valence-corrected chi connectivity index (χ3v) is 3.39. The van der Waals surface area contributed by atoms with Gasteiger partial charge >= 0.3 is 0 Å². The van der Waals surface area contributed by atoms with Crippen molar-refractivity contribution in [3.8, 4) is 6.07 Å². The van der Waals surface area contributed by atoms with E-state index in [-0.39, 0.29) is 11.8 Å². The number of nitriles is 1. The number of hydrogen-bond acceptors (Lipinski definition) is 2. The van der Waals surface area contributed by atoms with Crippen LogP contribution in [-0.2, 0) is 4.79 Å². The van der Waals surface area contributed by atoms with Gasteiger partial charge in [0.25, 0.3) is 0 Å². The fourth-order valence-electron chi connectivity index (χ4n) is 2.38. The Morgan fingerprint density at radius 2 is 1.80 bits per heavy atom. The second-order valence-corrected chi connectivity index (χ2v) is 4.71. The molecule has 15 heavy (non-hydrogen) atoms. The van der Waals surface area contributed by atoms with Crippen LogP contribution in [0.5, 0.6) is 0 Å². The van der Waals surface area contributed by atoms with E-state index in [1.807, 2.05) is 6.92 Å². The van der Waals surface area contributed by atoms with E-state index in [0.717, 1.165) is 12.8 Å². The summed E-state index contributed by atoms with van der Waals surface area (Å²) in [6, 6.07) is 2.09. The molecule has 0 aromatic heterocycles. The third-order valence-electron chi connectivity index (χ3n) is 3.39. The van der Waals surface area contributed by atoms with Gasteiger partial charge in [0.15, 0.2) is 0 Å². The number of hydrogen-bond donors (Lipinski definition) is 0. The summed E-state index contributed by atoms with van der Waals surface area (Å²) in [5, 5.41) is 8.58. The Morgan fingerprint density at radius 1 is 1.27 bits per heavy atom. The van der Waals surface area contributed by atoms with E-state index in [1.165, 1.54) is 32.1 Å². The highest BCUT2D eigenvalue weighted by atomic mass is 16.1. The molecular weight excluding hydrogens is 186 g/mol. The Kier molecular flexibility index (Phi) is 5.39. The first kappa shape index (κ1) is 12.2. The fraction of sp³-hybridized carbons (Fsp3) is 0.846. The van der Waals surface area contributed by atoms with Gasteiger partial charge in [0, 0.05) is 18.3 Å². The number of nitrogens with zero attached hydrogens (tertiary/aromatic N) is 1. The maximum Gasteiger partial charge on any atom is 0.139 e. The molecule has 0 heterocycles. The van der Waals surface area contributed by atoms with Gasteiger partial charge in [-0.15, -0.1) is 0 Å². The van der Waals surface area contributed by atoms with Crippen molar-refractivity contribution in [2.75, 3.05) is 0 Å². The van der Waals surface area contributed by atoms with Gasteiger partial charge in [0.2, 0.25) is 0 Å².